The second kappa shape index (κ2) is 8.37. The fourth-order valence-corrected chi connectivity index (χ4v) is 3.01. The number of carbonyl (C=O) groups excluding carboxylic acids is 2. The van der Waals surface area contributed by atoms with E-state index in [4.69, 9.17) is 23.2 Å². The van der Waals surface area contributed by atoms with Crippen molar-refractivity contribution in [3.63, 3.8) is 0 Å². The van der Waals surface area contributed by atoms with Crippen molar-refractivity contribution >= 4 is 40.7 Å². The summed E-state index contributed by atoms with van der Waals surface area (Å²) in [5, 5.41) is 3.38. The predicted molar refractivity (Wildman–Crippen MR) is 103 cm³/mol. The molecule has 0 saturated heterocycles. The zero-order valence-corrected chi connectivity index (χ0v) is 15.9. The molecule has 0 atom stereocenters. The van der Waals surface area contributed by atoms with Crippen LogP contribution in [0.25, 0.3) is 0 Å². The number of hydrogen-bond acceptors (Lipinski definition) is 2. The van der Waals surface area contributed by atoms with Gasteiger partial charge in [0.1, 0.15) is 6.54 Å². The zero-order valence-electron chi connectivity index (χ0n) is 14.4. The summed E-state index contributed by atoms with van der Waals surface area (Å²) in [5.41, 5.74) is 2.92. The first-order valence-electron chi connectivity index (χ1n) is 7.93. The van der Waals surface area contributed by atoms with Gasteiger partial charge in [0.15, 0.2) is 0 Å². The first kappa shape index (κ1) is 19.3. The standard InChI is InChI=1S/C19H20Cl2N2O2/c1-4-23(19(25)14-9-8-12(2)10-13(14)3)11-17(24)22-18-15(20)6-5-7-16(18)21/h5-10H,4,11H2,1-3H3,(H,22,24). The smallest absolute Gasteiger partial charge is 0.254 e. The zero-order chi connectivity index (χ0) is 18.6. The highest BCUT2D eigenvalue weighted by Gasteiger charge is 2.20. The third-order valence-corrected chi connectivity index (χ3v) is 4.47. The summed E-state index contributed by atoms with van der Waals surface area (Å²) in [6.45, 7) is 6.02. The number of halogens is 2. The van der Waals surface area contributed by atoms with E-state index in [1.807, 2.05) is 32.9 Å². The molecule has 0 spiro atoms. The predicted octanol–water partition coefficient (Wildman–Crippen LogP) is 4.71. The Morgan fingerprint density at radius 3 is 2.28 bits per heavy atom. The number of benzene rings is 2. The molecule has 132 valence electrons. The summed E-state index contributed by atoms with van der Waals surface area (Å²) in [5.74, 6) is -0.532. The minimum absolute atomic E-state index is 0.0792. The van der Waals surface area contributed by atoms with Crippen molar-refractivity contribution in [2.75, 3.05) is 18.4 Å². The van der Waals surface area contributed by atoms with E-state index in [1.165, 1.54) is 4.90 Å². The van der Waals surface area contributed by atoms with Gasteiger partial charge in [0, 0.05) is 12.1 Å². The molecule has 2 aromatic carbocycles. The van der Waals surface area contributed by atoms with E-state index >= 15 is 0 Å². The minimum Gasteiger partial charge on any atom is -0.330 e. The number of rotatable bonds is 5. The fraction of sp³-hybridized carbons (Fsp3) is 0.263. The van der Waals surface area contributed by atoms with Crippen LogP contribution in [0.3, 0.4) is 0 Å². The minimum atomic E-state index is -0.352. The molecule has 0 aliphatic rings. The molecule has 2 amide bonds. The van der Waals surface area contributed by atoms with Gasteiger partial charge in [-0.25, -0.2) is 0 Å². The molecular formula is C19H20Cl2N2O2. The van der Waals surface area contributed by atoms with Crippen LogP contribution in [-0.4, -0.2) is 29.8 Å². The fourth-order valence-electron chi connectivity index (χ4n) is 2.52. The first-order valence-corrected chi connectivity index (χ1v) is 8.69. The quantitative estimate of drug-likeness (QED) is 0.818. The molecule has 0 saturated carbocycles. The average Bonchev–Trinajstić information content (AvgIpc) is 2.55. The molecule has 25 heavy (non-hydrogen) atoms. The van der Waals surface area contributed by atoms with Gasteiger partial charge in [-0.1, -0.05) is 47.0 Å². The van der Waals surface area contributed by atoms with Crippen molar-refractivity contribution in [1.82, 2.24) is 4.90 Å². The molecule has 0 unspecified atom stereocenters. The monoisotopic (exact) mass is 378 g/mol. The Kier molecular flexibility index (Phi) is 6.45. The van der Waals surface area contributed by atoms with Crippen LogP contribution >= 0.6 is 23.2 Å². The van der Waals surface area contributed by atoms with Crippen LogP contribution in [0.15, 0.2) is 36.4 Å². The number of likely N-dealkylation sites (N-methyl/N-ethyl adjacent to an activating group) is 1. The molecule has 0 fully saturated rings. The molecule has 0 heterocycles. The summed E-state index contributed by atoms with van der Waals surface area (Å²) in [7, 11) is 0. The molecule has 0 aliphatic carbocycles. The van der Waals surface area contributed by atoms with Gasteiger partial charge < -0.3 is 10.2 Å². The highest BCUT2D eigenvalue weighted by Crippen LogP contribution is 2.29. The van der Waals surface area contributed by atoms with E-state index in [0.29, 0.717) is 27.8 Å². The maximum absolute atomic E-state index is 12.7. The molecule has 0 aliphatic heterocycles. The highest BCUT2D eigenvalue weighted by molar-refractivity contribution is 6.39. The van der Waals surface area contributed by atoms with Crippen molar-refractivity contribution in [3.8, 4) is 0 Å². The van der Waals surface area contributed by atoms with Crippen molar-refractivity contribution in [2.45, 2.75) is 20.8 Å². The Morgan fingerprint density at radius 2 is 1.72 bits per heavy atom. The summed E-state index contributed by atoms with van der Waals surface area (Å²) in [4.78, 5) is 26.5. The SMILES string of the molecule is CCN(CC(=O)Nc1c(Cl)cccc1Cl)C(=O)c1ccc(C)cc1C. The van der Waals surface area contributed by atoms with Gasteiger partial charge >= 0.3 is 0 Å². The second-order valence-corrected chi connectivity index (χ2v) is 6.60. The van der Waals surface area contributed by atoms with Crippen LogP contribution in [-0.2, 0) is 4.79 Å². The number of nitrogens with one attached hydrogen (secondary N) is 1. The molecule has 2 aromatic rings. The van der Waals surface area contributed by atoms with Crippen molar-refractivity contribution in [3.05, 3.63) is 63.1 Å². The van der Waals surface area contributed by atoms with E-state index in [-0.39, 0.29) is 18.4 Å². The van der Waals surface area contributed by atoms with Crippen LogP contribution in [0.1, 0.15) is 28.4 Å². The van der Waals surface area contributed by atoms with Gasteiger partial charge in [-0.15, -0.1) is 0 Å². The average molecular weight is 379 g/mol. The maximum atomic E-state index is 12.7. The van der Waals surface area contributed by atoms with Gasteiger partial charge in [0.25, 0.3) is 5.91 Å². The lowest BCUT2D eigenvalue weighted by molar-refractivity contribution is -0.116. The normalized spacial score (nSPS) is 10.4. The number of hydrogen-bond donors (Lipinski definition) is 1. The number of para-hydroxylation sites is 1. The lowest BCUT2D eigenvalue weighted by atomic mass is 10.0. The molecule has 2 rings (SSSR count). The van der Waals surface area contributed by atoms with Crippen LogP contribution in [0.4, 0.5) is 5.69 Å². The third kappa shape index (κ3) is 4.74. The Labute approximate surface area is 157 Å². The van der Waals surface area contributed by atoms with Gasteiger partial charge in [-0.05, 0) is 44.5 Å². The Bertz CT molecular complexity index is 786. The van der Waals surface area contributed by atoms with Crippen LogP contribution in [0, 0.1) is 13.8 Å². The van der Waals surface area contributed by atoms with E-state index in [2.05, 4.69) is 5.32 Å². The van der Waals surface area contributed by atoms with Crippen molar-refractivity contribution in [1.29, 1.82) is 0 Å². The van der Waals surface area contributed by atoms with Crippen LogP contribution in [0.2, 0.25) is 10.0 Å². The lowest BCUT2D eigenvalue weighted by Crippen LogP contribution is -2.38. The number of amides is 2. The molecule has 1 N–H and O–H groups in total. The van der Waals surface area contributed by atoms with Gasteiger partial charge in [0.05, 0.1) is 15.7 Å². The maximum Gasteiger partial charge on any atom is 0.254 e. The lowest BCUT2D eigenvalue weighted by Gasteiger charge is -2.22. The summed E-state index contributed by atoms with van der Waals surface area (Å²) >= 11 is 12.1. The first-order chi connectivity index (χ1) is 11.8. The highest BCUT2D eigenvalue weighted by atomic mass is 35.5. The molecule has 4 nitrogen and oxygen atoms in total. The van der Waals surface area contributed by atoms with Gasteiger partial charge in [0.2, 0.25) is 5.91 Å². The molecule has 0 aromatic heterocycles. The number of carbonyl (C=O) groups is 2. The topological polar surface area (TPSA) is 49.4 Å². The summed E-state index contributed by atoms with van der Waals surface area (Å²) < 4.78 is 0. The van der Waals surface area contributed by atoms with E-state index in [9.17, 15) is 9.59 Å². The van der Waals surface area contributed by atoms with Crippen LogP contribution < -0.4 is 5.32 Å². The number of anilines is 1. The molecule has 6 heteroatoms. The second-order valence-electron chi connectivity index (χ2n) is 5.78. The number of nitrogens with zero attached hydrogens (tertiary/aromatic N) is 1. The van der Waals surface area contributed by atoms with Crippen molar-refractivity contribution < 1.29 is 9.59 Å². The summed E-state index contributed by atoms with van der Waals surface area (Å²) in [6, 6.07) is 10.6. The Balaban J connectivity index is 2.13. The van der Waals surface area contributed by atoms with E-state index in [0.717, 1.165) is 11.1 Å². The summed E-state index contributed by atoms with van der Waals surface area (Å²) in [6.07, 6.45) is 0. The van der Waals surface area contributed by atoms with Crippen molar-refractivity contribution in [2.24, 2.45) is 0 Å². The Hall–Kier alpha value is -2.04. The van der Waals surface area contributed by atoms with Gasteiger partial charge in [-0.3, -0.25) is 9.59 Å². The molecular weight excluding hydrogens is 359 g/mol. The van der Waals surface area contributed by atoms with E-state index < -0.39 is 0 Å². The Morgan fingerprint density at radius 1 is 1.08 bits per heavy atom. The third-order valence-electron chi connectivity index (χ3n) is 3.84. The van der Waals surface area contributed by atoms with Gasteiger partial charge in [-0.2, -0.15) is 0 Å². The molecule has 0 radical (unpaired) electrons. The largest absolute Gasteiger partial charge is 0.330 e. The van der Waals surface area contributed by atoms with E-state index in [1.54, 1.807) is 24.3 Å². The van der Waals surface area contributed by atoms with Crippen LogP contribution in [0.5, 0.6) is 0 Å². The number of aryl methyl sites for hydroxylation is 2. The molecule has 0 bridgehead atoms.